The summed E-state index contributed by atoms with van der Waals surface area (Å²) < 4.78 is 0. The van der Waals surface area contributed by atoms with Crippen LogP contribution in [0.3, 0.4) is 0 Å². The van der Waals surface area contributed by atoms with Crippen LogP contribution in [0.1, 0.15) is 11.1 Å². The van der Waals surface area contributed by atoms with Crippen LogP contribution in [0.5, 0.6) is 0 Å². The number of fused-ring (bicyclic) bond motifs is 2. The summed E-state index contributed by atoms with van der Waals surface area (Å²) in [6.07, 6.45) is 1.43. The highest BCUT2D eigenvalue weighted by Gasteiger charge is 2.27. The molecular formula is C18H15N3O3S. The van der Waals surface area contributed by atoms with Crippen molar-refractivity contribution in [1.82, 2.24) is 0 Å². The molecule has 25 heavy (non-hydrogen) atoms. The number of amides is 1. The van der Waals surface area contributed by atoms with Gasteiger partial charge in [0.1, 0.15) is 0 Å². The molecule has 0 N–H and O–H groups in total. The lowest BCUT2D eigenvalue weighted by atomic mass is 10.1. The number of para-hydroxylation sites is 1. The van der Waals surface area contributed by atoms with Gasteiger partial charge in [-0.2, -0.15) is 0 Å². The van der Waals surface area contributed by atoms with E-state index in [0.29, 0.717) is 18.7 Å². The number of rotatable bonds is 3. The predicted molar refractivity (Wildman–Crippen MR) is 98.9 cm³/mol. The lowest BCUT2D eigenvalue weighted by Gasteiger charge is -2.16. The van der Waals surface area contributed by atoms with Crippen LogP contribution in [0.4, 0.5) is 17.1 Å². The molecule has 0 atom stereocenters. The topological polar surface area (TPSA) is 75.8 Å². The first-order valence-corrected chi connectivity index (χ1v) is 8.96. The molecule has 2 aliphatic rings. The summed E-state index contributed by atoms with van der Waals surface area (Å²) in [6, 6.07) is 12.7. The number of hydrogen-bond acceptors (Lipinski definition) is 5. The first-order chi connectivity index (χ1) is 12.1. The maximum absolute atomic E-state index is 12.6. The summed E-state index contributed by atoms with van der Waals surface area (Å²) >= 11 is 1.47. The van der Waals surface area contributed by atoms with Crippen molar-refractivity contribution in [2.24, 2.45) is 4.99 Å². The molecule has 4 rings (SSSR count). The molecule has 0 saturated carbocycles. The van der Waals surface area contributed by atoms with E-state index in [9.17, 15) is 14.9 Å². The fourth-order valence-corrected chi connectivity index (χ4v) is 4.04. The molecule has 0 unspecified atom stereocenters. The van der Waals surface area contributed by atoms with Crippen LogP contribution in [-0.2, 0) is 17.6 Å². The van der Waals surface area contributed by atoms with Crippen LogP contribution in [0, 0.1) is 10.1 Å². The molecule has 0 aliphatic carbocycles. The second-order valence-corrected chi connectivity index (χ2v) is 7.01. The molecule has 0 bridgehead atoms. The Morgan fingerprint density at radius 2 is 2.08 bits per heavy atom. The molecule has 1 amide bonds. The Hall–Kier alpha value is -2.67. The fourth-order valence-electron chi connectivity index (χ4n) is 3.17. The Labute approximate surface area is 148 Å². The number of hydrogen-bond donors (Lipinski definition) is 0. The highest BCUT2D eigenvalue weighted by Crippen LogP contribution is 2.33. The Bertz CT molecular complexity index is 910. The zero-order valence-corrected chi connectivity index (χ0v) is 14.2. The third-order valence-corrected chi connectivity index (χ3v) is 5.37. The highest BCUT2D eigenvalue weighted by atomic mass is 32.2. The van der Waals surface area contributed by atoms with Crippen LogP contribution < -0.4 is 4.90 Å². The maximum Gasteiger partial charge on any atom is 0.269 e. The quantitative estimate of drug-likeness (QED) is 0.625. The van der Waals surface area contributed by atoms with Crippen LogP contribution in [0.2, 0.25) is 0 Å². The van der Waals surface area contributed by atoms with Crippen molar-refractivity contribution in [3.05, 3.63) is 63.7 Å². The number of benzene rings is 2. The number of nitro groups is 1. The third kappa shape index (κ3) is 3.02. The van der Waals surface area contributed by atoms with E-state index in [0.717, 1.165) is 28.4 Å². The van der Waals surface area contributed by atoms with Gasteiger partial charge in [0.05, 0.1) is 21.4 Å². The second kappa shape index (κ2) is 6.33. The summed E-state index contributed by atoms with van der Waals surface area (Å²) in [7, 11) is 0. The minimum absolute atomic E-state index is 0.0104. The lowest BCUT2D eigenvalue weighted by molar-refractivity contribution is -0.384. The average Bonchev–Trinajstić information content (AvgIpc) is 3.22. The van der Waals surface area contributed by atoms with Gasteiger partial charge in [0.25, 0.3) is 5.69 Å². The maximum atomic E-state index is 12.6. The van der Waals surface area contributed by atoms with E-state index < -0.39 is 4.92 Å². The molecule has 6 nitrogen and oxygen atoms in total. The lowest BCUT2D eigenvalue weighted by Crippen LogP contribution is -2.30. The van der Waals surface area contributed by atoms with Gasteiger partial charge in [-0.05, 0) is 29.7 Å². The highest BCUT2D eigenvalue weighted by molar-refractivity contribution is 8.14. The number of thioether (sulfide) groups is 1. The van der Waals surface area contributed by atoms with Crippen LogP contribution in [0.15, 0.2) is 47.5 Å². The van der Waals surface area contributed by atoms with Gasteiger partial charge in [0.15, 0.2) is 0 Å². The standard InChI is InChI=1S/C18H15N3O3S/c22-18(11-25-17-10-12-3-1-2-4-15(12)19-17)20-8-7-13-9-14(21(23)24)5-6-16(13)20/h1-6,9H,7-8,10-11H2. The number of non-ortho nitro benzene ring substituents is 1. The minimum Gasteiger partial charge on any atom is -0.311 e. The molecule has 0 radical (unpaired) electrons. The fraction of sp³-hybridized carbons (Fsp3) is 0.222. The number of nitrogens with zero attached hydrogens (tertiary/aromatic N) is 3. The molecule has 7 heteroatoms. The smallest absolute Gasteiger partial charge is 0.269 e. The third-order valence-electron chi connectivity index (χ3n) is 4.41. The first-order valence-electron chi connectivity index (χ1n) is 7.98. The number of anilines is 1. The van der Waals surface area contributed by atoms with E-state index in [1.54, 1.807) is 17.0 Å². The zero-order valence-electron chi connectivity index (χ0n) is 13.3. The van der Waals surface area contributed by atoms with Crippen molar-refractivity contribution >= 4 is 39.8 Å². The molecule has 2 aromatic carbocycles. The molecular weight excluding hydrogens is 338 g/mol. The van der Waals surface area contributed by atoms with Gasteiger partial charge < -0.3 is 4.90 Å². The number of carbonyl (C=O) groups excluding carboxylic acids is 1. The van der Waals surface area contributed by atoms with Gasteiger partial charge >= 0.3 is 0 Å². The van der Waals surface area contributed by atoms with E-state index in [1.807, 2.05) is 18.2 Å². The summed E-state index contributed by atoms with van der Waals surface area (Å²) in [6.45, 7) is 0.572. The van der Waals surface area contributed by atoms with Gasteiger partial charge in [0, 0.05) is 30.8 Å². The molecule has 126 valence electrons. The molecule has 2 aliphatic heterocycles. The predicted octanol–water partition coefficient (Wildman–Crippen LogP) is 3.50. The van der Waals surface area contributed by atoms with Gasteiger partial charge in [-0.3, -0.25) is 14.9 Å². The summed E-state index contributed by atoms with van der Waals surface area (Å²) in [5.41, 5.74) is 3.89. The molecule has 2 aromatic rings. The van der Waals surface area contributed by atoms with Crippen LogP contribution >= 0.6 is 11.8 Å². The van der Waals surface area contributed by atoms with Crippen molar-refractivity contribution in [3.8, 4) is 0 Å². The zero-order chi connectivity index (χ0) is 17.4. The number of carbonyl (C=O) groups is 1. The van der Waals surface area contributed by atoms with Crippen molar-refractivity contribution in [3.63, 3.8) is 0 Å². The van der Waals surface area contributed by atoms with Crippen LogP contribution in [-0.4, -0.2) is 28.2 Å². The van der Waals surface area contributed by atoms with Crippen molar-refractivity contribution in [1.29, 1.82) is 0 Å². The van der Waals surface area contributed by atoms with Gasteiger partial charge in [0.2, 0.25) is 5.91 Å². The number of nitro benzene ring substituents is 1. The van der Waals surface area contributed by atoms with Crippen molar-refractivity contribution in [2.45, 2.75) is 12.8 Å². The molecule has 2 heterocycles. The van der Waals surface area contributed by atoms with Gasteiger partial charge in [-0.25, -0.2) is 4.99 Å². The second-order valence-electron chi connectivity index (χ2n) is 5.97. The van der Waals surface area contributed by atoms with Crippen LogP contribution in [0.25, 0.3) is 0 Å². The molecule has 0 fully saturated rings. The van der Waals surface area contributed by atoms with E-state index in [2.05, 4.69) is 11.1 Å². The van der Waals surface area contributed by atoms with Gasteiger partial charge in [-0.1, -0.05) is 18.2 Å². The average molecular weight is 353 g/mol. The normalized spacial score (nSPS) is 14.9. The van der Waals surface area contributed by atoms with Gasteiger partial charge in [-0.15, -0.1) is 11.8 Å². The summed E-state index contributed by atoms with van der Waals surface area (Å²) in [5, 5.41) is 11.8. The van der Waals surface area contributed by atoms with Crippen molar-refractivity contribution in [2.75, 3.05) is 17.2 Å². The number of aliphatic imine (C=N–C) groups is 1. The Morgan fingerprint density at radius 1 is 1.24 bits per heavy atom. The largest absolute Gasteiger partial charge is 0.311 e. The monoisotopic (exact) mass is 353 g/mol. The van der Waals surface area contributed by atoms with Crippen molar-refractivity contribution < 1.29 is 9.72 Å². The van der Waals surface area contributed by atoms with E-state index >= 15 is 0 Å². The Kier molecular flexibility index (Phi) is 4.01. The SMILES string of the molecule is O=C(CSC1=Nc2ccccc2C1)N1CCc2cc([N+](=O)[O-])ccc21. The molecule has 0 saturated heterocycles. The van der Waals surface area contributed by atoms with E-state index in [1.165, 1.54) is 23.4 Å². The Morgan fingerprint density at radius 3 is 2.88 bits per heavy atom. The first kappa shape index (κ1) is 15.8. The minimum atomic E-state index is -0.406. The van der Waals surface area contributed by atoms with E-state index in [4.69, 9.17) is 0 Å². The molecule has 0 aromatic heterocycles. The summed E-state index contributed by atoms with van der Waals surface area (Å²) in [4.78, 5) is 29.3. The Balaban J connectivity index is 1.42. The summed E-state index contributed by atoms with van der Waals surface area (Å²) in [5.74, 6) is 0.333. The van der Waals surface area contributed by atoms with E-state index in [-0.39, 0.29) is 11.6 Å². The molecule has 0 spiro atoms.